The molecule has 154 valence electrons. The Kier molecular flexibility index (Phi) is 5.76. The number of anilines is 1. The minimum atomic E-state index is -0.541. The molecule has 30 heavy (non-hydrogen) atoms. The number of nitrogens with one attached hydrogen (secondary N) is 1. The number of benzene rings is 1. The molecule has 1 aromatic carbocycles. The van der Waals surface area contributed by atoms with Crippen molar-refractivity contribution in [2.75, 3.05) is 18.4 Å². The zero-order valence-electron chi connectivity index (χ0n) is 15.8. The van der Waals surface area contributed by atoms with Crippen LogP contribution in [0.1, 0.15) is 23.3 Å². The van der Waals surface area contributed by atoms with Crippen molar-refractivity contribution in [3.8, 4) is 11.3 Å². The first-order valence-corrected chi connectivity index (χ1v) is 9.81. The average molecular weight is 429 g/mol. The largest absolute Gasteiger partial charge is 0.355 e. The van der Waals surface area contributed by atoms with E-state index in [1.807, 2.05) is 6.07 Å². The Morgan fingerprint density at radius 1 is 1.20 bits per heavy atom. The van der Waals surface area contributed by atoms with Crippen LogP contribution < -0.4 is 5.32 Å². The van der Waals surface area contributed by atoms with Crippen molar-refractivity contribution in [2.24, 2.45) is 5.92 Å². The topological polar surface area (TPSA) is 88.3 Å². The number of hydrogen-bond acceptors (Lipinski definition) is 5. The number of amides is 2. The zero-order valence-corrected chi connectivity index (χ0v) is 16.6. The Morgan fingerprint density at radius 3 is 2.70 bits per heavy atom. The van der Waals surface area contributed by atoms with Crippen LogP contribution in [0.15, 0.2) is 53.3 Å². The molecule has 0 saturated carbocycles. The molecule has 1 fully saturated rings. The minimum absolute atomic E-state index is 0.0496. The normalized spacial score (nSPS) is 14.5. The van der Waals surface area contributed by atoms with E-state index in [0.29, 0.717) is 37.4 Å². The minimum Gasteiger partial charge on any atom is -0.355 e. The summed E-state index contributed by atoms with van der Waals surface area (Å²) in [4.78, 5) is 30.9. The summed E-state index contributed by atoms with van der Waals surface area (Å²) in [6.45, 7) is 0.854. The summed E-state index contributed by atoms with van der Waals surface area (Å²) in [5, 5.41) is 6.58. The molecule has 0 radical (unpaired) electrons. The highest BCUT2D eigenvalue weighted by molar-refractivity contribution is 6.31. The lowest BCUT2D eigenvalue weighted by molar-refractivity contribution is -0.121. The van der Waals surface area contributed by atoms with E-state index in [1.54, 1.807) is 29.4 Å². The molecule has 0 unspecified atom stereocenters. The molecule has 0 bridgehead atoms. The molecular weight excluding hydrogens is 411 g/mol. The number of pyridine rings is 1. The van der Waals surface area contributed by atoms with Crippen LogP contribution in [0.2, 0.25) is 5.02 Å². The summed E-state index contributed by atoms with van der Waals surface area (Å²) < 4.78 is 18.5. The fraction of sp³-hybridized carbons (Fsp3) is 0.238. The maximum absolute atomic E-state index is 13.3. The molecule has 1 saturated heterocycles. The van der Waals surface area contributed by atoms with Crippen LogP contribution >= 0.6 is 11.6 Å². The van der Waals surface area contributed by atoms with Crippen molar-refractivity contribution >= 4 is 29.1 Å². The summed E-state index contributed by atoms with van der Waals surface area (Å²) in [5.74, 6) is -0.732. The molecule has 3 aromatic rings. The van der Waals surface area contributed by atoms with E-state index in [1.165, 1.54) is 18.2 Å². The van der Waals surface area contributed by atoms with Gasteiger partial charge in [0, 0.05) is 48.7 Å². The van der Waals surface area contributed by atoms with Crippen LogP contribution in [0.25, 0.3) is 11.3 Å². The van der Waals surface area contributed by atoms with E-state index < -0.39 is 5.82 Å². The third kappa shape index (κ3) is 4.33. The number of halogens is 2. The highest BCUT2D eigenvalue weighted by Gasteiger charge is 2.29. The SMILES string of the molecule is O=C(Nc1ccc(F)c(Cl)c1)C1CCN(C(=O)c2cc(-c3cccnc3)on2)CC1. The van der Waals surface area contributed by atoms with Gasteiger partial charge in [-0.05, 0) is 43.2 Å². The van der Waals surface area contributed by atoms with Crippen LogP contribution in [-0.4, -0.2) is 39.9 Å². The predicted octanol–water partition coefficient (Wildman–Crippen LogP) is 4.02. The number of carbonyl (C=O) groups excluding carboxylic acids is 2. The summed E-state index contributed by atoms with van der Waals surface area (Å²) >= 11 is 5.75. The van der Waals surface area contributed by atoms with Gasteiger partial charge in [0.05, 0.1) is 5.02 Å². The quantitative estimate of drug-likeness (QED) is 0.678. The van der Waals surface area contributed by atoms with E-state index in [4.69, 9.17) is 16.1 Å². The molecule has 4 rings (SSSR count). The number of piperidine rings is 1. The number of rotatable bonds is 4. The van der Waals surface area contributed by atoms with Crippen LogP contribution in [0, 0.1) is 11.7 Å². The Labute approximate surface area is 176 Å². The lowest BCUT2D eigenvalue weighted by Gasteiger charge is -2.30. The molecule has 0 atom stereocenters. The molecule has 3 heterocycles. The average Bonchev–Trinajstić information content (AvgIpc) is 3.27. The van der Waals surface area contributed by atoms with Gasteiger partial charge in [0.15, 0.2) is 11.5 Å². The van der Waals surface area contributed by atoms with Gasteiger partial charge in [-0.3, -0.25) is 14.6 Å². The Balaban J connectivity index is 1.34. The fourth-order valence-corrected chi connectivity index (χ4v) is 3.53. The fourth-order valence-electron chi connectivity index (χ4n) is 3.35. The van der Waals surface area contributed by atoms with Gasteiger partial charge >= 0.3 is 0 Å². The zero-order chi connectivity index (χ0) is 21.1. The van der Waals surface area contributed by atoms with Gasteiger partial charge in [-0.1, -0.05) is 16.8 Å². The third-order valence-corrected chi connectivity index (χ3v) is 5.31. The number of nitrogens with zero attached hydrogens (tertiary/aromatic N) is 3. The predicted molar refractivity (Wildman–Crippen MR) is 108 cm³/mol. The van der Waals surface area contributed by atoms with Gasteiger partial charge in [0.1, 0.15) is 5.82 Å². The lowest BCUT2D eigenvalue weighted by atomic mass is 9.95. The van der Waals surface area contributed by atoms with Gasteiger partial charge in [0.2, 0.25) is 5.91 Å². The van der Waals surface area contributed by atoms with Crippen molar-refractivity contribution in [2.45, 2.75) is 12.8 Å². The number of likely N-dealkylation sites (tertiary alicyclic amines) is 1. The van der Waals surface area contributed by atoms with Gasteiger partial charge in [0.25, 0.3) is 5.91 Å². The van der Waals surface area contributed by atoms with Crippen LogP contribution in [-0.2, 0) is 4.79 Å². The third-order valence-electron chi connectivity index (χ3n) is 5.02. The molecule has 9 heteroatoms. The Bertz CT molecular complexity index is 1070. The van der Waals surface area contributed by atoms with Crippen molar-refractivity contribution < 1.29 is 18.5 Å². The number of hydrogen-bond donors (Lipinski definition) is 1. The van der Waals surface area contributed by atoms with Crippen molar-refractivity contribution in [3.05, 3.63) is 65.3 Å². The molecule has 2 amide bonds. The first kappa shape index (κ1) is 20.0. The molecular formula is C21H18ClFN4O3. The summed E-state index contributed by atoms with van der Waals surface area (Å²) in [6, 6.07) is 9.22. The number of aromatic nitrogens is 2. The first-order valence-electron chi connectivity index (χ1n) is 9.43. The van der Waals surface area contributed by atoms with E-state index >= 15 is 0 Å². The Hall–Kier alpha value is -3.26. The lowest BCUT2D eigenvalue weighted by Crippen LogP contribution is -2.41. The van der Waals surface area contributed by atoms with Gasteiger partial charge in [-0.15, -0.1) is 0 Å². The molecule has 7 nitrogen and oxygen atoms in total. The van der Waals surface area contributed by atoms with Crippen molar-refractivity contribution in [1.29, 1.82) is 0 Å². The van der Waals surface area contributed by atoms with Crippen LogP contribution in [0.3, 0.4) is 0 Å². The van der Waals surface area contributed by atoms with Gasteiger partial charge in [-0.2, -0.15) is 0 Å². The van der Waals surface area contributed by atoms with E-state index in [0.717, 1.165) is 5.56 Å². The van der Waals surface area contributed by atoms with Crippen LogP contribution in [0.5, 0.6) is 0 Å². The second-order valence-electron chi connectivity index (χ2n) is 7.00. The maximum atomic E-state index is 13.3. The second kappa shape index (κ2) is 8.62. The molecule has 1 N–H and O–H groups in total. The molecule has 1 aliphatic rings. The monoisotopic (exact) mass is 428 g/mol. The smallest absolute Gasteiger partial charge is 0.276 e. The highest BCUT2D eigenvalue weighted by Crippen LogP contribution is 2.24. The highest BCUT2D eigenvalue weighted by atomic mass is 35.5. The van der Waals surface area contributed by atoms with E-state index in [2.05, 4.69) is 15.5 Å². The molecule has 1 aliphatic heterocycles. The maximum Gasteiger partial charge on any atom is 0.276 e. The standard InChI is InChI=1S/C21H18ClFN4O3/c22-16-10-15(3-4-17(16)23)25-20(28)13-5-8-27(9-6-13)21(29)18-11-19(30-26-18)14-2-1-7-24-12-14/h1-4,7,10-13H,5-6,8-9H2,(H,25,28). The summed E-state index contributed by atoms with van der Waals surface area (Å²) in [7, 11) is 0. The van der Waals surface area contributed by atoms with Crippen molar-refractivity contribution in [3.63, 3.8) is 0 Å². The van der Waals surface area contributed by atoms with Gasteiger partial charge in [-0.25, -0.2) is 4.39 Å². The summed E-state index contributed by atoms with van der Waals surface area (Å²) in [5.41, 5.74) is 1.40. The van der Waals surface area contributed by atoms with Crippen LogP contribution in [0.4, 0.5) is 10.1 Å². The Morgan fingerprint density at radius 2 is 2.00 bits per heavy atom. The molecule has 0 aliphatic carbocycles. The summed E-state index contributed by atoms with van der Waals surface area (Å²) in [6.07, 6.45) is 4.31. The molecule has 0 spiro atoms. The number of carbonyl (C=O) groups is 2. The second-order valence-corrected chi connectivity index (χ2v) is 7.41. The van der Waals surface area contributed by atoms with Crippen molar-refractivity contribution in [1.82, 2.24) is 15.0 Å². The molecule has 2 aromatic heterocycles. The van der Waals surface area contributed by atoms with Gasteiger partial charge < -0.3 is 14.7 Å². The first-order chi connectivity index (χ1) is 14.5. The van der Waals surface area contributed by atoms with E-state index in [-0.39, 0.29) is 28.4 Å². The van der Waals surface area contributed by atoms with E-state index in [9.17, 15) is 14.0 Å².